The molecule has 0 saturated heterocycles. The molecule has 9 heteroatoms. The molecule has 2 heterocycles. The van der Waals surface area contributed by atoms with Crippen molar-refractivity contribution >= 4 is 47.3 Å². The van der Waals surface area contributed by atoms with Crippen LogP contribution in [0, 0.1) is 0 Å². The first kappa shape index (κ1) is 13.7. The van der Waals surface area contributed by atoms with E-state index in [-0.39, 0.29) is 5.76 Å². The number of rotatable bonds is 2. The van der Waals surface area contributed by atoms with Gasteiger partial charge in [0.25, 0.3) is 0 Å². The Bertz CT molecular complexity index is 812. The van der Waals surface area contributed by atoms with Crippen LogP contribution < -0.4 is 5.50 Å². The van der Waals surface area contributed by atoms with E-state index < -0.39 is 13.1 Å². The molecule has 3 N–H and O–H groups in total. The Morgan fingerprint density at radius 1 is 1.20 bits per heavy atom. The Morgan fingerprint density at radius 3 is 2.55 bits per heavy atom. The first-order valence-corrected chi connectivity index (χ1v) is 7.72. The average molecular weight is 333 g/mol. The summed E-state index contributed by atoms with van der Waals surface area (Å²) >= 11 is 11.8. The van der Waals surface area contributed by atoms with E-state index in [1.54, 1.807) is 12.1 Å². The average Bonchev–Trinajstić information content (AvgIpc) is 2.94. The van der Waals surface area contributed by atoms with Crippen molar-refractivity contribution in [1.29, 1.82) is 0 Å². The number of nitrogens with one attached hydrogen (secondary N) is 1. The summed E-state index contributed by atoms with van der Waals surface area (Å²) in [7, 11) is -4.42. The second-order valence-electron chi connectivity index (χ2n) is 4.05. The molecule has 0 aliphatic rings. The van der Waals surface area contributed by atoms with Gasteiger partial charge in [-0.05, 0) is 24.3 Å². The van der Waals surface area contributed by atoms with Crippen LogP contribution in [0.15, 0.2) is 28.7 Å². The summed E-state index contributed by atoms with van der Waals surface area (Å²) in [5.74, 6) is 0.546. The van der Waals surface area contributed by atoms with Crippen molar-refractivity contribution in [3.05, 3.63) is 34.3 Å². The van der Waals surface area contributed by atoms with Gasteiger partial charge in [0.2, 0.25) is 5.50 Å². The molecule has 0 bridgehead atoms. The molecule has 1 aromatic carbocycles. The van der Waals surface area contributed by atoms with Crippen molar-refractivity contribution in [3.8, 4) is 11.6 Å². The molecule has 0 unspecified atom stereocenters. The summed E-state index contributed by atoms with van der Waals surface area (Å²) < 4.78 is 16.2. The molecule has 104 valence electrons. The van der Waals surface area contributed by atoms with Crippen molar-refractivity contribution in [1.82, 2.24) is 9.97 Å². The van der Waals surface area contributed by atoms with Gasteiger partial charge in [-0.1, -0.05) is 23.2 Å². The lowest BCUT2D eigenvalue weighted by Crippen LogP contribution is -1.98. The number of halogens is 2. The van der Waals surface area contributed by atoms with Crippen LogP contribution in [0.5, 0.6) is 0 Å². The van der Waals surface area contributed by atoms with Gasteiger partial charge < -0.3 is 19.2 Å². The van der Waals surface area contributed by atoms with Gasteiger partial charge in [-0.2, -0.15) is 0 Å². The van der Waals surface area contributed by atoms with Crippen LogP contribution in [-0.2, 0) is 4.57 Å². The van der Waals surface area contributed by atoms with Gasteiger partial charge in [-0.15, -0.1) is 0 Å². The molecule has 6 nitrogen and oxygen atoms in total. The summed E-state index contributed by atoms with van der Waals surface area (Å²) in [5, 5.41) is 0.747. The predicted molar refractivity (Wildman–Crippen MR) is 75.5 cm³/mol. The maximum Gasteiger partial charge on any atom is 0.391 e. The van der Waals surface area contributed by atoms with Crippen LogP contribution in [0.3, 0.4) is 0 Å². The Morgan fingerprint density at radius 2 is 1.90 bits per heavy atom. The van der Waals surface area contributed by atoms with Crippen molar-refractivity contribution in [2.45, 2.75) is 0 Å². The lowest BCUT2D eigenvalue weighted by atomic mass is 10.3. The summed E-state index contributed by atoms with van der Waals surface area (Å²) in [6.45, 7) is 0. The number of aromatic amines is 1. The zero-order valence-corrected chi connectivity index (χ0v) is 12.1. The van der Waals surface area contributed by atoms with Crippen molar-refractivity contribution < 1.29 is 18.8 Å². The Balaban J connectivity index is 2.11. The van der Waals surface area contributed by atoms with Crippen LogP contribution >= 0.6 is 30.8 Å². The SMILES string of the molecule is O=P(O)(O)c1ccc(-c2nc3cc(Cl)c(Cl)cc3[nH]2)o1. The van der Waals surface area contributed by atoms with Crippen molar-refractivity contribution in [3.63, 3.8) is 0 Å². The van der Waals surface area contributed by atoms with E-state index in [1.807, 2.05) is 0 Å². The van der Waals surface area contributed by atoms with Crippen LogP contribution in [-0.4, -0.2) is 19.8 Å². The van der Waals surface area contributed by atoms with Crippen LogP contribution in [0.25, 0.3) is 22.6 Å². The van der Waals surface area contributed by atoms with Crippen molar-refractivity contribution in [2.24, 2.45) is 0 Å². The largest absolute Gasteiger partial charge is 0.445 e. The monoisotopic (exact) mass is 332 g/mol. The fourth-order valence-electron chi connectivity index (χ4n) is 1.73. The number of nitrogens with zero attached hydrogens (tertiary/aromatic N) is 1. The first-order valence-electron chi connectivity index (χ1n) is 5.35. The van der Waals surface area contributed by atoms with Gasteiger partial charge in [0.05, 0.1) is 21.1 Å². The molecule has 3 aromatic rings. The highest BCUT2D eigenvalue weighted by molar-refractivity contribution is 7.59. The molecule has 2 aromatic heterocycles. The maximum atomic E-state index is 11.1. The molecule has 0 aliphatic carbocycles. The molecular weight excluding hydrogens is 326 g/mol. The van der Waals surface area contributed by atoms with Crippen LogP contribution in [0.4, 0.5) is 0 Å². The Labute approximate surface area is 122 Å². The number of aromatic nitrogens is 2. The number of hydrogen-bond donors (Lipinski definition) is 3. The van der Waals surface area contributed by atoms with Gasteiger partial charge in [-0.3, -0.25) is 4.57 Å². The summed E-state index contributed by atoms with van der Waals surface area (Å²) in [6.07, 6.45) is 0. The van der Waals surface area contributed by atoms with E-state index in [4.69, 9.17) is 37.4 Å². The molecule has 0 saturated carbocycles. The van der Waals surface area contributed by atoms with Crippen LogP contribution in [0.1, 0.15) is 0 Å². The standard InChI is InChI=1S/C11H7Cl2N2O4P/c12-5-3-7-8(4-6(5)13)15-11(14-7)9-1-2-10(19-9)20(16,17)18/h1-4H,(H,14,15)(H2,16,17,18). The molecule has 20 heavy (non-hydrogen) atoms. The second-order valence-corrected chi connectivity index (χ2v) is 6.39. The Kier molecular flexibility index (Phi) is 3.16. The maximum absolute atomic E-state index is 11.1. The molecule has 0 spiro atoms. The number of furan rings is 1. The highest BCUT2D eigenvalue weighted by Gasteiger charge is 2.23. The summed E-state index contributed by atoms with van der Waals surface area (Å²) in [5.41, 5.74) is 0.802. The zero-order valence-electron chi connectivity index (χ0n) is 9.67. The third-order valence-corrected chi connectivity index (χ3v) is 4.17. The van der Waals surface area contributed by atoms with E-state index in [0.29, 0.717) is 26.9 Å². The molecule has 0 aliphatic heterocycles. The Hall–Kier alpha value is -1.30. The van der Waals surface area contributed by atoms with E-state index in [0.717, 1.165) is 0 Å². The minimum atomic E-state index is -4.42. The van der Waals surface area contributed by atoms with Gasteiger partial charge in [-0.25, -0.2) is 4.98 Å². The first-order chi connectivity index (χ1) is 9.34. The van der Waals surface area contributed by atoms with Gasteiger partial charge in [0.15, 0.2) is 11.6 Å². The molecule has 0 amide bonds. The minimum absolute atomic E-state index is 0.215. The lowest BCUT2D eigenvalue weighted by molar-refractivity contribution is 0.377. The fraction of sp³-hybridized carbons (Fsp3) is 0. The topological polar surface area (TPSA) is 99.4 Å². The molecule has 0 atom stereocenters. The second kappa shape index (κ2) is 4.62. The smallest absolute Gasteiger partial charge is 0.391 e. The zero-order chi connectivity index (χ0) is 14.5. The quantitative estimate of drug-likeness (QED) is 0.626. The minimum Gasteiger partial charge on any atom is -0.445 e. The van der Waals surface area contributed by atoms with Crippen LogP contribution in [0.2, 0.25) is 10.0 Å². The van der Waals surface area contributed by atoms with E-state index >= 15 is 0 Å². The number of hydrogen-bond acceptors (Lipinski definition) is 3. The lowest BCUT2D eigenvalue weighted by Gasteiger charge is -1.97. The molecule has 0 fully saturated rings. The van der Waals surface area contributed by atoms with E-state index in [1.165, 1.54) is 12.1 Å². The number of benzene rings is 1. The van der Waals surface area contributed by atoms with Crippen molar-refractivity contribution in [2.75, 3.05) is 0 Å². The number of imidazole rings is 1. The highest BCUT2D eigenvalue weighted by Crippen LogP contribution is 2.35. The summed E-state index contributed by atoms with van der Waals surface area (Å²) in [4.78, 5) is 25.2. The number of H-pyrrole nitrogens is 1. The van der Waals surface area contributed by atoms with Gasteiger partial charge >= 0.3 is 7.60 Å². The molecule has 3 rings (SSSR count). The normalized spacial score (nSPS) is 12.2. The molecule has 0 radical (unpaired) electrons. The van der Waals surface area contributed by atoms with E-state index in [2.05, 4.69) is 9.97 Å². The molecular formula is C11H7Cl2N2O4P. The van der Waals surface area contributed by atoms with E-state index in [9.17, 15) is 4.57 Å². The highest BCUT2D eigenvalue weighted by atomic mass is 35.5. The predicted octanol–water partition coefficient (Wildman–Crippen LogP) is 2.93. The number of fused-ring (bicyclic) bond motifs is 1. The van der Waals surface area contributed by atoms with Gasteiger partial charge in [0.1, 0.15) is 0 Å². The van der Waals surface area contributed by atoms with Gasteiger partial charge in [0, 0.05) is 0 Å². The third-order valence-electron chi connectivity index (χ3n) is 2.64. The fourth-order valence-corrected chi connectivity index (χ4v) is 2.54. The summed E-state index contributed by atoms with van der Waals surface area (Å²) in [6, 6.07) is 5.84. The third kappa shape index (κ3) is 2.37.